The van der Waals surface area contributed by atoms with Crippen molar-refractivity contribution in [2.24, 2.45) is 0 Å². The number of ether oxygens (including phenoxy) is 1. The Morgan fingerprint density at radius 2 is 1.73 bits per heavy atom. The van der Waals surface area contributed by atoms with Gasteiger partial charge in [-0.25, -0.2) is 4.39 Å². The highest BCUT2D eigenvalue weighted by molar-refractivity contribution is 7.10. The third-order valence-corrected chi connectivity index (χ3v) is 7.58. The Morgan fingerprint density at radius 1 is 1.00 bits per heavy atom. The number of para-hydroxylation sites is 1. The summed E-state index contributed by atoms with van der Waals surface area (Å²) in [6, 6.07) is 18.1. The van der Waals surface area contributed by atoms with E-state index in [4.69, 9.17) is 4.74 Å². The summed E-state index contributed by atoms with van der Waals surface area (Å²) in [5.74, 6) is -0.733. The minimum absolute atomic E-state index is 0.0844. The Labute approximate surface area is 221 Å². The van der Waals surface area contributed by atoms with Gasteiger partial charge < -0.3 is 20.3 Å². The van der Waals surface area contributed by atoms with Gasteiger partial charge in [-0.3, -0.25) is 14.5 Å². The molecule has 196 valence electrons. The molecule has 0 unspecified atom stereocenters. The average Bonchev–Trinajstić information content (AvgIpc) is 3.44. The fourth-order valence-corrected chi connectivity index (χ4v) is 5.66. The first kappa shape index (κ1) is 26.6. The molecule has 1 aliphatic heterocycles. The molecule has 3 aromatic rings. The van der Waals surface area contributed by atoms with Gasteiger partial charge in [0.05, 0.1) is 18.8 Å². The van der Waals surface area contributed by atoms with Crippen molar-refractivity contribution in [1.29, 1.82) is 0 Å². The molecule has 7 nitrogen and oxygen atoms in total. The van der Waals surface area contributed by atoms with E-state index >= 15 is 0 Å². The summed E-state index contributed by atoms with van der Waals surface area (Å²) in [5, 5.41) is 7.63. The molecule has 4 rings (SSSR count). The number of methoxy groups -OCH3 is 1. The lowest BCUT2D eigenvalue weighted by molar-refractivity contribution is -0.139. The van der Waals surface area contributed by atoms with E-state index in [9.17, 15) is 14.0 Å². The van der Waals surface area contributed by atoms with Crippen LogP contribution in [0.5, 0.6) is 5.75 Å². The minimum Gasteiger partial charge on any atom is -0.497 e. The van der Waals surface area contributed by atoms with Crippen LogP contribution in [0.1, 0.15) is 23.4 Å². The molecule has 9 heteroatoms. The van der Waals surface area contributed by atoms with E-state index in [0.717, 1.165) is 16.2 Å². The van der Waals surface area contributed by atoms with Crippen LogP contribution in [-0.2, 0) is 16.0 Å². The van der Waals surface area contributed by atoms with Crippen molar-refractivity contribution >= 4 is 28.8 Å². The molecule has 1 aliphatic rings. The fourth-order valence-electron chi connectivity index (χ4n) is 4.70. The predicted molar refractivity (Wildman–Crippen MR) is 145 cm³/mol. The van der Waals surface area contributed by atoms with Crippen molar-refractivity contribution in [2.45, 2.75) is 25.4 Å². The second-order valence-corrected chi connectivity index (χ2v) is 10.0. The number of hydrogen-bond donors (Lipinski definition) is 2. The van der Waals surface area contributed by atoms with Crippen LogP contribution in [0.4, 0.5) is 10.1 Å². The number of thiophene rings is 1. The number of piperazine rings is 1. The lowest BCUT2D eigenvalue weighted by Gasteiger charge is -2.42. The van der Waals surface area contributed by atoms with Gasteiger partial charge in [0.2, 0.25) is 0 Å². The molecule has 1 fully saturated rings. The Bertz CT molecular complexity index is 1160. The van der Waals surface area contributed by atoms with Gasteiger partial charge in [-0.1, -0.05) is 30.3 Å². The second-order valence-electron chi connectivity index (χ2n) is 9.05. The topological polar surface area (TPSA) is 73.9 Å². The lowest BCUT2D eigenvalue weighted by Crippen LogP contribution is -2.54. The molecule has 0 aliphatic carbocycles. The maximum Gasteiger partial charge on any atom is 0.309 e. The smallest absolute Gasteiger partial charge is 0.309 e. The molecule has 0 saturated carbocycles. The molecule has 2 N–H and O–H groups in total. The highest BCUT2D eigenvalue weighted by atomic mass is 32.1. The number of carbonyl (C=O) groups is 2. The van der Waals surface area contributed by atoms with Crippen molar-refractivity contribution in [3.63, 3.8) is 0 Å². The van der Waals surface area contributed by atoms with Crippen LogP contribution in [0.15, 0.2) is 66.0 Å². The van der Waals surface area contributed by atoms with Crippen LogP contribution in [0.25, 0.3) is 0 Å². The summed E-state index contributed by atoms with van der Waals surface area (Å²) in [5.41, 5.74) is 1.66. The van der Waals surface area contributed by atoms with Crippen LogP contribution >= 0.6 is 11.3 Å². The first-order chi connectivity index (χ1) is 18.0. The van der Waals surface area contributed by atoms with Crippen molar-refractivity contribution in [3.8, 4) is 5.75 Å². The number of benzene rings is 2. The van der Waals surface area contributed by atoms with Gasteiger partial charge in [0.25, 0.3) is 0 Å². The Hall–Kier alpha value is -3.43. The van der Waals surface area contributed by atoms with Crippen LogP contribution in [0.2, 0.25) is 0 Å². The number of hydrogen-bond acceptors (Lipinski definition) is 6. The molecule has 0 bridgehead atoms. The maximum absolute atomic E-state index is 14.3. The van der Waals surface area contributed by atoms with E-state index in [1.165, 1.54) is 6.07 Å². The molecule has 2 aromatic carbocycles. The Morgan fingerprint density at radius 3 is 2.38 bits per heavy atom. The summed E-state index contributed by atoms with van der Waals surface area (Å²) in [6.45, 7) is 5.07. The molecule has 0 spiro atoms. The molecule has 2 heterocycles. The molecule has 37 heavy (non-hydrogen) atoms. The molecule has 0 radical (unpaired) electrons. The SMILES string of the molecule is COc1ccc(CCNC(=O)C(=O)N[C@@H](C)[C@H](c2cccs2)N2CCN(c3ccccc3F)CC2)cc1. The first-order valence-corrected chi connectivity index (χ1v) is 13.3. The molecular weight excluding hydrogens is 491 g/mol. The molecule has 2 atom stereocenters. The number of amides is 2. The largest absolute Gasteiger partial charge is 0.497 e. The highest BCUT2D eigenvalue weighted by Crippen LogP contribution is 2.30. The number of nitrogens with one attached hydrogen (secondary N) is 2. The summed E-state index contributed by atoms with van der Waals surface area (Å²) >= 11 is 1.63. The van der Waals surface area contributed by atoms with Gasteiger partial charge in [0.1, 0.15) is 11.6 Å². The third kappa shape index (κ3) is 6.87. The standard InChI is InChI=1S/C28H33FN4O3S/c1-20(31-28(35)27(34)30-14-13-21-9-11-22(36-2)12-10-21)26(25-8-5-19-37-25)33-17-15-32(16-18-33)24-7-4-3-6-23(24)29/h3-12,19-20,26H,13-18H2,1-2H3,(H,30,34)(H,31,35)/t20-,26+/m0/s1. The van der Waals surface area contributed by atoms with E-state index in [1.807, 2.05) is 48.7 Å². The summed E-state index contributed by atoms with van der Waals surface area (Å²) in [7, 11) is 1.61. The second kappa shape index (κ2) is 12.7. The summed E-state index contributed by atoms with van der Waals surface area (Å²) in [6.07, 6.45) is 0.614. The van der Waals surface area contributed by atoms with E-state index in [1.54, 1.807) is 30.6 Å². The molecular formula is C28H33FN4O3S. The zero-order chi connectivity index (χ0) is 26.2. The van der Waals surface area contributed by atoms with Crippen molar-refractivity contribution in [2.75, 3.05) is 44.7 Å². The van der Waals surface area contributed by atoms with Crippen LogP contribution in [-0.4, -0.2) is 62.6 Å². The number of halogens is 1. The van der Waals surface area contributed by atoms with Crippen LogP contribution in [0.3, 0.4) is 0 Å². The van der Waals surface area contributed by atoms with E-state index in [-0.39, 0.29) is 17.9 Å². The summed E-state index contributed by atoms with van der Waals surface area (Å²) < 4.78 is 19.4. The van der Waals surface area contributed by atoms with Gasteiger partial charge >= 0.3 is 11.8 Å². The van der Waals surface area contributed by atoms with Crippen LogP contribution in [0, 0.1) is 5.82 Å². The normalized spacial score (nSPS) is 15.6. The zero-order valence-electron chi connectivity index (χ0n) is 21.2. The predicted octanol–water partition coefficient (Wildman–Crippen LogP) is 3.62. The van der Waals surface area contributed by atoms with E-state index < -0.39 is 11.8 Å². The quantitative estimate of drug-likeness (QED) is 0.419. The maximum atomic E-state index is 14.3. The molecule has 1 aromatic heterocycles. The van der Waals surface area contributed by atoms with Gasteiger partial charge in [0.15, 0.2) is 0 Å². The number of nitrogens with zero attached hydrogens (tertiary/aromatic N) is 2. The van der Waals surface area contributed by atoms with Crippen LogP contribution < -0.4 is 20.3 Å². The van der Waals surface area contributed by atoms with E-state index in [2.05, 4.69) is 26.5 Å². The first-order valence-electron chi connectivity index (χ1n) is 12.4. The lowest BCUT2D eigenvalue weighted by atomic mass is 10.0. The molecule has 1 saturated heterocycles. The van der Waals surface area contributed by atoms with Crippen molar-refractivity contribution in [3.05, 3.63) is 82.3 Å². The van der Waals surface area contributed by atoms with Gasteiger partial charge in [0, 0.05) is 43.6 Å². The molecule has 2 amide bonds. The summed E-state index contributed by atoms with van der Waals surface area (Å²) in [4.78, 5) is 30.7. The third-order valence-electron chi connectivity index (χ3n) is 6.63. The van der Waals surface area contributed by atoms with Crippen molar-refractivity contribution < 1.29 is 18.7 Å². The zero-order valence-corrected chi connectivity index (χ0v) is 22.0. The van der Waals surface area contributed by atoms with Crippen molar-refractivity contribution in [1.82, 2.24) is 15.5 Å². The van der Waals surface area contributed by atoms with E-state index in [0.29, 0.717) is 44.8 Å². The fraction of sp³-hybridized carbons (Fsp3) is 0.357. The van der Waals surface area contributed by atoms with Gasteiger partial charge in [-0.05, 0) is 54.6 Å². The number of carbonyl (C=O) groups excluding carboxylic acids is 2. The Kier molecular flexibility index (Phi) is 9.14. The number of rotatable bonds is 9. The Balaban J connectivity index is 1.32. The minimum atomic E-state index is -0.645. The highest BCUT2D eigenvalue weighted by Gasteiger charge is 2.32. The monoisotopic (exact) mass is 524 g/mol. The van der Waals surface area contributed by atoms with Gasteiger partial charge in [-0.15, -0.1) is 11.3 Å². The average molecular weight is 525 g/mol. The number of anilines is 1. The van der Waals surface area contributed by atoms with Gasteiger partial charge in [-0.2, -0.15) is 0 Å².